The normalized spacial score (nSPS) is 31.9. The lowest BCUT2D eigenvalue weighted by molar-refractivity contribution is -0.186. The first kappa shape index (κ1) is 12.7. The maximum Gasteiger partial charge on any atom is 0.391 e. The average Bonchev–Trinajstić information content (AvgIpc) is 2.80. The van der Waals surface area contributed by atoms with Crippen LogP contribution in [0.4, 0.5) is 13.2 Å². The van der Waals surface area contributed by atoms with Gasteiger partial charge in [0.2, 0.25) is 0 Å². The van der Waals surface area contributed by atoms with Crippen molar-refractivity contribution in [2.75, 3.05) is 6.61 Å². The van der Waals surface area contributed by atoms with Crippen molar-refractivity contribution in [1.29, 1.82) is 0 Å². The molecule has 2 N–H and O–H groups in total. The van der Waals surface area contributed by atoms with Crippen LogP contribution in [0.3, 0.4) is 0 Å². The number of alkyl halides is 3. The number of hydrogen-bond acceptors (Lipinski definition) is 2. The first-order valence-electron chi connectivity index (χ1n) is 6.13. The van der Waals surface area contributed by atoms with E-state index in [0.717, 1.165) is 12.8 Å². The Morgan fingerprint density at radius 2 is 2.12 bits per heavy atom. The first-order chi connectivity index (χ1) is 7.98. The molecule has 0 aromatic carbocycles. The Balaban J connectivity index is 1.97. The number of hydrogen-bond donors (Lipinski definition) is 1. The summed E-state index contributed by atoms with van der Waals surface area (Å²) in [6.45, 7) is 0.610. The molecule has 1 heterocycles. The molecule has 0 amide bonds. The summed E-state index contributed by atoms with van der Waals surface area (Å²) < 4.78 is 43.3. The average molecular weight is 249 g/mol. The van der Waals surface area contributed by atoms with Crippen LogP contribution < -0.4 is 5.73 Å². The minimum absolute atomic E-state index is 0.0975. The van der Waals surface area contributed by atoms with Crippen molar-refractivity contribution >= 4 is 0 Å². The number of halogens is 3. The lowest BCUT2D eigenvalue weighted by Gasteiger charge is -2.33. The van der Waals surface area contributed by atoms with Crippen LogP contribution in [0, 0.1) is 11.8 Å². The van der Waals surface area contributed by atoms with E-state index in [4.69, 9.17) is 10.5 Å². The highest BCUT2D eigenvalue weighted by atomic mass is 19.4. The number of ether oxygens (including phenoxy) is 1. The highest BCUT2D eigenvalue weighted by Gasteiger charge is 2.43. The second-order valence-electron chi connectivity index (χ2n) is 4.93. The van der Waals surface area contributed by atoms with Crippen LogP contribution in [0.1, 0.15) is 32.1 Å². The van der Waals surface area contributed by atoms with E-state index in [2.05, 4.69) is 0 Å². The Morgan fingerprint density at radius 3 is 2.71 bits per heavy atom. The van der Waals surface area contributed by atoms with Crippen LogP contribution in [0.15, 0.2) is 11.8 Å². The van der Waals surface area contributed by atoms with Crippen molar-refractivity contribution in [3.63, 3.8) is 0 Å². The van der Waals surface area contributed by atoms with E-state index in [1.54, 1.807) is 0 Å². The molecule has 2 nitrogen and oxygen atoms in total. The molecule has 1 saturated carbocycles. The van der Waals surface area contributed by atoms with Gasteiger partial charge in [-0.15, -0.1) is 0 Å². The second-order valence-corrected chi connectivity index (χ2v) is 4.93. The van der Waals surface area contributed by atoms with Crippen LogP contribution in [0.5, 0.6) is 0 Å². The molecule has 17 heavy (non-hydrogen) atoms. The summed E-state index contributed by atoms with van der Waals surface area (Å²) in [6, 6.07) is -0.359. The summed E-state index contributed by atoms with van der Waals surface area (Å²) in [4.78, 5) is 0. The Kier molecular flexibility index (Phi) is 3.66. The lowest BCUT2D eigenvalue weighted by atomic mass is 9.77. The molecule has 0 spiro atoms. The van der Waals surface area contributed by atoms with Gasteiger partial charge in [0.05, 0.1) is 18.6 Å². The molecule has 3 unspecified atom stereocenters. The Labute approximate surface area is 99.0 Å². The van der Waals surface area contributed by atoms with Crippen molar-refractivity contribution in [1.82, 2.24) is 0 Å². The van der Waals surface area contributed by atoms with Crippen LogP contribution in [0.25, 0.3) is 0 Å². The zero-order valence-corrected chi connectivity index (χ0v) is 9.67. The molecule has 5 heteroatoms. The maximum absolute atomic E-state index is 12.7. The summed E-state index contributed by atoms with van der Waals surface area (Å²) in [5.41, 5.74) is 6.00. The molecule has 1 fully saturated rings. The third-order valence-corrected chi connectivity index (χ3v) is 3.75. The van der Waals surface area contributed by atoms with E-state index in [-0.39, 0.29) is 24.8 Å². The summed E-state index contributed by atoms with van der Waals surface area (Å²) in [5, 5.41) is 0. The molecule has 1 aliphatic heterocycles. The van der Waals surface area contributed by atoms with Gasteiger partial charge in [0.25, 0.3) is 0 Å². The smallest absolute Gasteiger partial charge is 0.391 e. The van der Waals surface area contributed by atoms with Gasteiger partial charge in [-0.3, -0.25) is 0 Å². The Hall–Kier alpha value is -0.710. The van der Waals surface area contributed by atoms with Gasteiger partial charge in [-0.25, -0.2) is 0 Å². The van der Waals surface area contributed by atoms with E-state index >= 15 is 0 Å². The monoisotopic (exact) mass is 249 g/mol. The van der Waals surface area contributed by atoms with Crippen LogP contribution in [-0.4, -0.2) is 18.8 Å². The van der Waals surface area contributed by atoms with Crippen molar-refractivity contribution < 1.29 is 17.9 Å². The molecule has 2 rings (SSSR count). The van der Waals surface area contributed by atoms with Gasteiger partial charge in [0.15, 0.2) is 0 Å². The summed E-state index contributed by atoms with van der Waals surface area (Å²) >= 11 is 0. The minimum atomic E-state index is -4.08. The van der Waals surface area contributed by atoms with Gasteiger partial charge in [-0.2, -0.15) is 13.2 Å². The maximum atomic E-state index is 12.7. The molecular formula is C12H18F3NO. The largest absolute Gasteiger partial charge is 0.496 e. The quantitative estimate of drug-likeness (QED) is 0.816. The molecule has 0 aromatic rings. The lowest BCUT2D eigenvalue weighted by Crippen LogP contribution is -2.38. The van der Waals surface area contributed by atoms with Crippen molar-refractivity contribution in [3.8, 4) is 0 Å². The Bertz CT molecular complexity index is 301. The van der Waals surface area contributed by atoms with E-state index < -0.39 is 12.1 Å². The van der Waals surface area contributed by atoms with E-state index in [1.165, 1.54) is 0 Å². The molecular weight excluding hydrogens is 231 g/mol. The van der Waals surface area contributed by atoms with Gasteiger partial charge < -0.3 is 10.5 Å². The predicted molar refractivity (Wildman–Crippen MR) is 58.1 cm³/mol. The van der Waals surface area contributed by atoms with Crippen molar-refractivity contribution in [3.05, 3.63) is 11.8 Å². The van der Waals surface area contributed by atoms with Gasteiger partial charge in [-0.1, -0.05) is 6.42 Å². The minimum Gasteiger partial charge on any atom is -0.496 e. The molecule has 2 aliphatic rings. The molecule has 98 valence electrons. The second kappa shape index (κ2) is 4.88. The fourth-order valence-corrected chi connectivity index (χ4v) is 2.75. The van der Waals surface area contributed by atoms with Crippen molar-refractivity contribution in [2.45, 2.75) is 44.3 Å². The third-order valence-electron chi connectivity index (χ3n) is 3.75. The zero-order valence-electron chi connectivity index (χ0n) is 9.67. The number of rotatable bonds is 2. The molecule has 1 aliphatic carbocycles. The van der Waals surface area contributed by atoms with Gasteiger partial charge in [0, 0.05) is 6.42 Å². The van der Waals surface area contributed by atoms with E-state index in [9.17, 15) is 13.2 Å². The predicted octanol–water partition coefficient (Wildman–Crippen LogP) is 2.99. The first-order valence-corrected chi connectivity index (χ1v) is 6.13. The van der Waals surface area contributed by atoms with E-state index in [1.807, 2.05) is 6.08 Å². The molecule has 0 radical (unpaired) electrons. The summed E-state index contributed by atoms with van der Waals surface area (Å²) in [7, 11) is 0. The Morgan fingerprint density at radius 1 is 1.35 bits per heavy atom. The summed E-state index contributed by atoms with van der Waals surface area (Å²) in [5.74, 6) is -0.591. The fourth-order valence-electron chi connectivity index (χ4n) is 2.75. The van der Waals surface area contributed by atoms with Crippen LogP contribution in [-0.2, 0) is 4.74 Å². The van der Waals surface area contributed by atoms with Crippen LogP contribution in [0.2, 0.25) is 0 Å². The fraction of sp³-hybridized carbons (Fsp3) is 0.833. The van der Waals surface area contributed by atoms with Gasteiger partial charge in [0.1, 0.15) is 5.76 Å². The van der Waals surface area contributed by atoms with E-state index in [0.29, 0.717) is 18.8 Å². The zero-order chi connectivity index (χ0) is 12.5. The van der Waals surface area contributed by atoms with Gasteiger partial charge in [-0.05, 0) is 31.3 Å². The van der Waals surface area contributed by atoms with Gasteiger partial charge >= 0.3 is 6.18 Å². The highest BCUT2D eigenvalue weighted by molar-refractivity contribution is 5.08. The highest BCUT2D eigenvalue weighted by Crippen LogP contribution is 2.41. The number of nitrogens with two attached hydrogens (primary N) is 1. The molecule has 0 saturated heterocycles. The summed E-state index contributed by atoms with van der Waals surface area (Å²) in [6.07, 6.45) is 0.409. The molecule has 0 aromatic heterocycles. The third kappa shape index (κ3) is 2.94. The van der Waals surface area contributed by atoms with Crippen LogP contribution >= 0.6 is 0 Å². The standard InChI is InChI=1S/C12H18F3NO/c13-12(14,15)9-4-1-3-8(7-9)11(16)10-5-2-6-17-10/h5,8-9,11H,1-4,6-7,16H2. The molecule has 0 bridgehead atoms. The van der Waals surface area contributed by atoms with Crippen molar-refractivity contribution in [2.24, 2.45) is 17.6 Å². The molecule has 3 atom stereocenters. The topological polar surface area (TPSA) is 35.2 Å². The SMILES string of the molecule is NC(C1=CCCO1)C1CCCC(C(F)(F)F)C1.